The summed E-state index contributed by atoms with van der Waals surface area (Å²) < 4.78 is 0. The SMILES string of the molecule is CN1C(=O)C(O)[C@H](c2ccccc2)[C@@H]1[C@@H](O)c1ccccc1. The zero-order valence-electron chi connectivity index (χ0n) is 12.3. The van der Waals surface area contributed by atoms with Crippen LogP contribution in [0, 0.1) is 0 Å². The van der Waals surface area contributed by atoms with Gasteiger partial charge in [-0.2, -0.15) is 0 Å². The third-order valence-electron chi connectivity index (χ3n) is 4.41. The number of carbonyl (C=O) groups excluding carboxylic acids is 1. The number of aliphatic hydroxyl groups excluding tert-OH is 2. The van der Waals surface area contributed by atoms with Gasteiger partial charge in [-0.05, 0) is 11.1 Å². The van der Waals surface area contributed by atoms with E-state index in [1.165, 1.54) is 4.90 Å². The molecule has 2 aromatic carbocycles. The summed E-state index contributed by atoms with van der Waals surface area (Å²) in [5, 5.41) is 21.1. The van der Waals surface area contributed by atoms with Gasteiger partial charge in [-0.3, -0.25) is 4.79 Å². The van der Waals surface area contributed by atoms with Gasteiger partial charge in [-0.25, -0.2) is 0 Å². The summed E-state index contributed by atoms with van der Waals surface area (Å²) in [6.07, 6.45) is -1.98. The predicted octanol–water partition coefficient (Wildman–Crippen LogP) is 1.71. The highest BCUT2D eigenvalue weighted by Crippen LogP contribution is 2.40. The standard InChI is InChI=1S/C18H19NO3/c1-19-15(16(20)13-10-6-3-7-11-13)14(17(21)18(19)22)12-8-4-2-5-9-12/h2-11,14-17,20-21H,1H3/t14-,15-,16+,17?/m1/s1. The number of amides is 1. The van der Waals surface area contributed by atoms with E-state index in [0.717, 1.165) is 11.1 Å². The lowest BCUT2D eigenvalue weighted by molar-refractivity contribution is -0.135. The topological polar surface area (TPSA) is 60.8 Å². The number of aliphatic hydroxyl groups is 2. The van der Waals surface area contributed by atoms with Crippen molar-refractivity contribution in [3.63, 3.8) is 0 Å². The minimum atomic E-state index is -1.13. The summed E-state index contributed by atoms with van der Waals surface area (Å²) in [6.45, 7) is 0. The maximum absolute atomic E-state index is 12.2. The van der Waals surface area contributed by atoms with Crippen molar-refractivity contribution in [1.29, 1.82) is 0 Å². The van der Waals surface area contributed by atoms with E-state index in [0.29, 0.717) is 0 Å². The van der Waals surface area contributed by atoms with E-state index in [-0.39, 0.29) is 5.91 Å². The summed E-state index contributed by atoms with van der Waals surface area (Å²) in [7, 11) is 1.63. The van der Waals surface area contributed by atoms with Crippen LogP contribution in [0.3, 0.4) is 0 Å². The molecule has 0 aromatic heterocycles. The third kappa shape index (κ3) is 2.40. The number of nitrogens with zero attached hydrogens (tertiary/aromatic N) is 1. The molecule has 0 saturated carbocycles. The molecule has 4 heteroatoms. The quantitative estimate of drug-likeness (QED) is 0.906. The number of rotatable bonds is 3. The number of likely N-dealkylation sites (tertiary alicyclic amines) is 1. The number of hydrogen-bond donors (Lipinski definition) is 2. The Morgan fingerprint density at radius 1 is 1.00 bits per heavy atom. The van der Waals surface area contributed by atoms with Gasteiger partial charge >= 0.3 is 0 Å². The molecule has 1 aliphatic rings. The van der Waals surface area contributed by atoms with E-state index < -0.39 is 24.2 Å². The fourth-order valence-corrected chi connectivity index (χ4v) is 3.25. The van der Waals surface area contributed by atoms with Crippen molar-refractivity contribution in [2.24, 2.45) is 0 Å². The van der Waals surface area contributed by atoms with E-state index in [1.54, 1.807) is 7.05 Å². The minimum Gasteiger partial charge on any atom is -0.386 e. The molecule has 1 fully saturated rings. The Labute approximate surface area is 129 Å². The molecule has 0 bridgehead atoms. The van der Waals surface area contributed by atoms with Gasteiger partial charge in [0.15, 0.2) is 0 Å². The second-order valence-electron chi connectivity index (χ2n) is 5.68. The van der Waals surface area contributed by atoms with Crippen LogP contribution in [0.15, 0.2) is 60.7 Å². The molecule has 1 unspecified atom stereocenters. The lowest BCUT2D eigenvalue weighted by Crippen LogP contribution is -2.36. The van der Waals surface area contributed by atoms with E-state index >= 15 is 0 Å². The maximum atomic E-state index is 12.2. The summed E-state index contributed by atoms with van der Waals surface area (Å²) >= 11 is 0. The first kappa shape index (κ1) is 14.8. The number of hydrogen-bond acceptors (Lipinski definition) is 3. The van der Waals surface area contributed by atoms with Gasteiger partial charge in [-0.15, -0.1) is 0 Å². The van der Waals surface area contributed by atoms with E-state index in [2.05, 4.69) is 0 Å². The zero-order chi connectivity index (χ0) is 15.7. The number of benzene rings is 2. The molecule has 22 heavy (non-hydrogen) atoms. The molecule has 1 saturated heterocycles. The second kappa shape index (κ2) is 5.91. The maximum Gasteiger partial charge on any atom is 0.252 e. The molecule has 4 nitrogen and oxygen atoms in total. The Hall–Kier alpha value is -2.17. The first-order valence-electron chi connectivity index (χ1n) is 7.34. The average molecular weight is 297 g/mol. The molecule has 1 amide bonds. The van der Waals surface area contributed by atoms with Crippen molar-refractivity contribution in [3.05, 3.63) is 71.8 Å². The number of carbonyl (C=O) groups is 1. The summed E-state index contributed by atoms with van der Waals surface area (Å²) in [4.78, 5) is 13.7. The summed E-state index contributed by atoms with van der Waals surface area (Å²) in [5.74, 6) is -0.803. The minimum absolute atomic E-state index is 0.353. The van der Waals surface area contributed by atoms with E-state index in [1.807, 2.05) is 60.7 Å². The van der Waals surface area contributed by atoms with Gasteiger partial charge in [0, 0.05) is 13.0 Å². The fraction of sp³-hybridized carbons (Fsp3) is 0.278. The zero-order valence-corrected chi connectivity index (χ0v) is 12.3. The normalized spacial score (nSPS) is 26.2. The van der Waals surface area contributed by atoms with Crippen LogP contribution >= 0.6 is 0 Å². The molecule has 0 radical (unpaired) electrons. The first-order valence-corrected chi connectivity index (χ1v) is 7.34. The smallest absolute Gasteiger partial charge is 0.252 e. The highest BCUT2D eigenvalue weighted by molar-refractivity contribution is 5.85. The third-order valence-corrected chi connectivity index (χ3v) is 4.41. The van der Waals surface area contributed by atoms with Crippen LogP contribution in [0.1, 0.15) is 23.1 Å². The lowest BCUT2D eigenvalue weighted by atomic mass is 9.85. The largest absolute Gasteiger partial charge is 0.386 e. The van der Waals surface area contributed by atoms with Crippen molar-refractivity contribution in [1.82, 2.24) is 4.90 Å². The fourth-order valence-electron chi connectivity index (χ4n) is 3.25. The van der Waals surface area contributed by atoms with Crippen LogP contribution in [-0.2, 0) is 4.79 Å². The van der Waals surface area contributed by atoms with Crippen LogP contribution in [-0.4, -0.2) is 40.2 Å². The van der Waals surface area contributed by atoms with Gasteiger partial charge in [0.2, 0.25) is 0 Å². The Balaban J connectivity index is 2.01. The van der Waals surface area contributed by atoms with Crippen molar-refractivity contribution in [3.8, 4) is 0 Å². The van der Waals surface area contributed by atoms with Gasteiger partial charge in [0.25, 0.3) is 5.91 Å². The molecular weight excluding hydrogens is 278 g/mol. The lowest BCUT2D eigenvalue weighted by Gasteiger charge is -2.30. The molecule has 3 rings (SSSR count). The average Bonchev–Trinajstić information content (AvgIpc) is 2.80. The molecule has 1 heterocycles. The molecule has 4 atom stereocenters. The number of likely N-dealkylation sites (N-methyl/N-ethyl adjacent to an activating group) is 1. The predicted molar refractivity (Wildman–Crippen MR) is 83.1 cm³/mol. The van der Waals surface area contributed by atoms with Crippen molar-refractivity contribution < 1.29 is 15.0 Å². The second-order valence-corrected chi connectivity index (χ2v) is 5.68. The van der Waals surface area contributed by atoms with Gasteiger partial charge in [0.1, 0.15) is 12.2 Å². The molecule has 114 valence electrons. The molecule has 2 aromatic rings. The molecule has 0 aliphatic carbocycles. The highest BCUT2D eigenvalue weighted by atomic mass is 16.3. The van der Waals surface area contributed by atoms with Gasteiger partial charge in [-0.1, -0.05) is 60.7 Å². The Kier molecular flexibility index (Phi) is 3.96. The van der Waals surface area contributed by atoms with E-state index in [9.17, 15) is 15.0 Å². The van der Waals surface area contributed by atoms with Crippen molar-refractivity contribution in [2.45, 2.75) is 24.2 Å². The van der Waals surface area contributed by atoms with Crippen LogP contribution in [0.25, 0.3) is 0 Å². The van der Waals surface area contributed by atoms with Gasteiger partial charge < -0.3 is 15.1 Å². The molecular formula is C18H19NO3. The molecule has 0 spiro atoms. The van der Waals surface area contributed by atoms with E-state index in [4.69, 9.17) is 0 Å². The Bertz CT molecular complexity index is 644. The van der Waals surface area contributed by atoms with Crippen molar-refractivity contribution in [2.75, 3.05) is 7.05 Å². The van der Waals surface area contributed by atoms with Crippen LogP contribution in [0.5, 0.6) is 0 Å². The molecule has 1 aliphatic heterocycles. The monoisotopic (exact) mass is 297 g/mol. The highest BCUT2D eigenvalue weighted by Gasteiger charge is 2.49. The summed E-state index contributed by atoms with van der Waals surface area (Å²) in [5.41, 5.74) is 1.59. The van der Waals surface area contributed by atoms with Crippen LogP contribution in [0.4, 0.5) is 0 Å². The molecule has 2 N–H and O–H groups in total. The Morgan fingerprint density at radius 2 is 1.55 bits per heavy atom. The van der Waals surface area contributed by atoms with Gasteiger partial charge in [0.05, 0.1) is 6.04 Å². The van der Waals surface area contributed by atoms with Crippen LogP contribution < -0.4 is 0 Å². The summed E-state index contributed by atoms with van der Waals surface area (Å²) in [6, 6.07) is 18.1. The van der Waals surface area contributed by atoms with Crippen molar-refractivity contribution >= 4 is 5.91 Å². The van der Waals surface area contributed by atoms with Crippen LogP contribution in [0.2, 0.25) is 0 Å². The first-order chi connectivity index (χ1) is 10.6. The Morgan fingerprint density at radius 3 is 2.14 bits per heavy atom.